The molecule has 2 amide bonds. The molecule has 130 valence electrons. The van der Waals surface area contributed by atoms with Crippen LogP contribution in [-0.4, -0.2) is 30.7 Å². The van der Waals surface area contributed by atoms with E-state index in [1.165, 1.54) is 0 Å². The lowest BCUT2D eigenvalue weighted by molar-refractivity contribution is -0.118. The first kappa shape index (κ1) is 17.6. The molecule has 0 aliphatic carbocycles. The largest absolute Gasteiger partial charge is 0.482 e. The zero-order chi connectivity index (χ0) is 17.6. The minimum atomic E-state index is -0.192. The predicted molar refractivity (Wildman–Crippen MR) is 99.7 cm³/mol. The standard InChI is InChI=1S/C18H17ClN2O3S/c19-13-3-5-14(6-4-13)25-9-1-8-20-18(23)12-2-7-15-16(10-12)24-11-17(22)21-15/h2-7,10H,1,8-9,11H2,(H,20,23)(H,21,22). The summed E-state index contributed by atoms with van der Waals surface area (Å²) in [7, 11) is 0. The van der Waals surface area contributed by atoms with E-state index in [4.69, 9.17) is 16.3 Å². The molecule has 2 aromatic carbocycles. The third kappa shape index (κ3) is 4.90. The molecule has 0 fully saturated rings. The minimum Gasteiger partial charge on any atom is -0.482 e. The predicted octanol–water partition coefficient (Wildman–Crippen LogP) is 3.58. The van der Waals surface area contributed by atoms with Crippen LogP contribution in [0.15, 0.2) is 47.4 Å². The quantitative estimate of drug-likeness (QED) is 0.597. The summed E-state index contributed by atoms with van der Waals surface area (Å²) in [6.07, 6.45) is 0.858. The van der Waals surface area contributed by atoms with Crippen LogP contribution in [0.3, 0.4) is 0 Å². The Labute approximate surface area is 155 Å². The van der Waals surface area contributed by atoms with Crippen LogP contribution in [0.5, 0.6) is 5.75 Å². The van der Waals surface area contributed by atoms with Gasteiger partial charge in [-0.3, -0.25) is 9.59 Å². The number of rotatable bonds is 6. The first-order valence-corrected chi connectivity index (χ1v) is 9.21. The van der Waals surface area contributed by atoms with Gasteiger partial charge in [0.1, 0.15) is 5.75 Å². The Morgan fingerprint density at radius 1 is 1.24 bits per heavy atom. The lowest BCUT2D eigenvalue weighted by atomic mass is 10.1. The summed E-state index contributed by atoms with van der Waals surface area (Å²) in [5.74, 6) is 1.08. The number of fused-ring (bicyclic) bond motifs is 1. The normalized spacial score (nSPS) is 12.8. The van der Waals surface area contributed by atoms with Crippen molar-refractivity contribution in [3.8, 4) is 5.75 Å². The Bertz CT molecular complexity index is 780. The third-order valence-corrected chi connectivity index (χ3v) is 4.92. The van der Waals surface area contributed by atoms with Gasteiger partial charge in [0, 0.05) is 22.0 Å². The van der Waals surface area contributed by atoms with Gasteiger partial charge in [-0.25, -0.2) is 0 Å². The fraction of sp³-hybridized carbons (Fsp3) is 0.222. The van der Waals surface area contributed by atoms with Crippen molar-refractivity contribution in [3.05, 3.63) is 53.1 Å². The second-order valence-corrected chi connectivity index (χ2v) is 7.06. The number of nitrogens with one attached hydrogen (secondary N) is 2. The molecule has 0 radical (unpaired) electrons. The Balaban J connectivity index is 1.43. The van der Waals surface area contributed by atoms with E-state index in [2.05, 4.69) is 10.6 Å². The molecule has 0 atom stereocenters. The Morgan fingerprint density at radius 3 is 2.84 bits per heavy atom. The number of carbonyl (C=O) groups is 2. The van der Waals surface area contributed by atoms with Crippen molar-refractivity contribution in [1.29, 1.82) is 0 Å². The summed E-state index contributed by atoms with van der Waals surface area (Å²) < 4.78 is 5.32. The fourth-order valence-electron chi connectivity index (χ4n) is 2.31. The Morgan fingerprint density at radius 2 is 2.04 bits per heavy atom. The smallest absolute Gasteiger partial charge is 0.262 e. The second kappa shape index (κ2) is 8.27. The van der Waals surface area contributed by atoms with Crippen molar-refractivity contribution in [1.82, 2.24) is 5.32 Å². The molecule has 1 aliphatic heterocycles. The van der Waals surface area contributed by atoms with Crippen LogP contribution >= 0.6 is 23.4 Å². The molecular weight excluding hydrogens is 360 g/mol. The van der Waals surface area contributed by atoms with Crippen molar-refractivity contribution in [2.75, 3.05) is 24.2 Å². The van der Waals surface area contributed by atoms with Gasteiger partial charge in [-0.2, -0.15) is 0 Å². The summed E-state index contributed by atoms with van der Waals surface area (Å²) in [5.41, 5.74) is 1.10. The molecule has 3 rings (SSSR count). The molecule has 1 heterocycles. The maximum atomic E-state index is 12.2. The highest BCUT2D eigenvalue weighted by molar-refractivity contribution is 7.99. The van der Waals surface area contributed by atoms with E-state index in [1.54, 1.807) is 30.0 Å². The van der Waals surface area contributed by atoms with Crippen LogP contribution in [0.1, 0.15) is 16.8 Å². The van der Waals surface area contributed by atoms with E-state index in [0.29, 0.717) is 23.5 Å². The van der Waals surface area contributed by atoms with Gasteiger partial charge in [0.2, 0.25) is 0 Å². The molecule has 2 aromatic rings. The van der Waals surface area contributed by atoms with E-state index >= 15 is 0 Å². The summed E-state index contributed by atoms with van der Waals surface area (Å²) in [5, 5.41) is 6.32. The molecule has 0 saturated carbocycles. The first-order chi connectivity index (χ1) is 12.1. The van der Waals surface area contributed by atoms with Gasteiger partial charge >= 0.3 is 0 Å². The van der Waals surface area contributed by atoms with Gasteiger partial charge in [0.15, 0.2) is 6.61 Å². The Hall–Kier alpha value is -2.18. The van der Waals surface area contributed by atoms with Crippen LogP contribution < -0.4 is 15.4 Å². The number of hydrogen-bond acceptors (Lipinski definition) is 4. The number of benzene rings is 2. The van der Waals surface area contributed by atoms with Crippen molar-refractivity contribution < 1.29 is 14.3 Å². The molecule has 25 heavy (non-hydrogen) atoms. The average Bonchev–Trinajstić information content (AvgIpc) is 2.62. The Kier molecular flexibility index (Phi) is 5.83. The second-order valence-electron chi connectivity index (χ2n) is 5.46. The highest BCUT2D eigenvalue weighted by atomic mass is 35.5. The van der Waals surface area contributed by atoms with Gasteiger partial charge < -0.3 is 15.4 Å². The number of hydrogen-bond donors (Lipinski definition) is 2. The third-order valence-electron chi connectivity index (χ3n) is 3.57. The zero-order valence-electron chi connectivity index (χ0n) is 13.4. The van der Waals surface area contributed by atoms with Crippen molar-refractivity contribution >= 4 is 40.9 Å². The zero-order valence-corrected chi connectivity index (χ0v) is 15.0. The number of carbonyl (C=O) groups excluding carboxylic acids is 2. The fourth-order valence-corrected chi connectivity index (χ4v) is 3.29. The number of amides is 2. The minimum absolute atomic E-state index is 0.0278. The lowest BCUT2D eigenvalue weighted by Gasteiger charge is -2.18. The molecule has 7 heteroatoms. The number of anilines is 1. The summed E-state index contributed by atoms with van der Waals surface area (Å²) in [6.45, 7) is 0.564. The van der Waals surface area contributed by atoms with Crippen LogP contribution in [0.2, 0.25) is 5.02 Å². The molecule has 5 nitrogen and oxygen atoms in total. The maximum absolute atomic E-state index is 12.2. The van der Waals surface area contributed by atoms with Gasteiger partial charge in [-0.15, -0.1) is 11.8 Å². The van der Waals surface area contributed by atoms with E-state index in [-0.39, 0.29) is 18.4 Å². The molecule has 1 aliphatic rings. The molecule has 0 bridgehead atoms. The average molecular weight is 377 g/mol. The summed E-state index contributed by atoms with van der Waals surface area (Å²) >= 11 is 7.58. The van der Waals surface area contributed by atoms with E-state index in [1.807, 2.05) is 24.3 Å². The van der Waals surface area contributed by atoms with E-state index in [0.717, 1.165) is 22.1 Å². The van der Waals surface area contributed by atoms with Crippen LogP contribution in [0.25, 0.3) is 0 Å². The molecule has 0 unspecified atom stereocenters. The molecule has 0 aromatic heterocycles. The van der Waals surface area contributed by atoms with Crippen molar-refractivity contribution in [2.45, 2.75) is 11.3 Å². The van der Waals surface area contributed by atoms with Crippen LogP contribution in [0, 0.1) is 0 Å². The van der Waals surface area contributed by atoms with Crippen molar-refractivity contribution in [3.63, 3.8) is 0 Å². The molecule has 2 N–H and O–H groups in total. The molecule has 0 saturated heterocycles. The lowest BCUT2D eigenvalue weighted by Crippen LogP contribution is -2.27. The SMILES string of the molecule is O=C1COc2cc(C(=O)NCCCSc3ccc(Cl)cc3)ccc2N1. The number of ether oxygens (including phenoxy) is 1. The van der Waals surface area contributed by atoms with E-state index < -0.39 is 0 Å². The topological polar surface area (TPSA) is 67.4 Å². The van der Waals surface area contributed by atoms with Gasteiger partial charge in [0.25, 0.3) is 11.8 Å². The number of thioether (sulfide) groups is 1. The van der Waals surface area contributed by atoms with Gasteiger partial charge in [0.05, 0.1) is 5.69 Å². The van der Waals surface area contributed by atoms with Crippen LogP contribution in [0.4, 0.5) is 5.69 Å². The van der Waals surface area contributed by atoms with Crippen molar-refractivity contribution in [2.24, 2.45) is 0 Å². The van der Waals surface area contributed by atoms with Gasteiger partial charge in [-0.05, 0) is 54.6 Å². The summed E-state index contributed by atoms with van der Waals surface area (Å²) in [6, 6.07) is 12.7. The molecule has 0 spiro atoms. The van der Waals surface area contributed by atoms with Crippen LogP contribution in [-0.2, 0) is 4.79 Å². The monoisotopic (exact) mass is 376 g/mol. The summed E-state index contributed by atoms with van der Waals surface area (Å²) in [4.78, 5) is 24.6. The number of halogens is 1. The highest BCUT2D eigenvalue weighted by Crippen LogP contribution is 2.28. The maximum Gasteiger partial charge on any atom is 0.262 e. The highest BCUT2D eigenvalue weighted by Gasteiger charge is 2.17. The molecular formula is C18H17ClN2O3S. The first-order valence-electron chi connectivity index (χ1n) is 7.85. The van der Waals surface area contributed by atoms with Gasteiger partial charge in [-0.1, -0.05) is 11.6 Å². The van der Waals surface area contributed by atoms with E-state index in [9.17, 15) is 9.59 Å².